The van der Waals surface area contributed by atoms with Crippen molar-refractivity contribution in [3.63, 3.8) is 0 Å². The first kappa shape index (κ1) is 9.45. The van der Waals surface area contributed by atoms with Crippen LogP contribution in [0, 0.1) is 4.91 Å². The molecule has 0 fully saturated rings. The summed E-state index contributed by atoms with van der Waals surface area (Å²) in [5.41, 5.74) is 0.0476. The fourth-order valence-corrected chi connectivity index (χ4v) is 1.58. The van der Waals surface area contributed by atoms with Gasteiger partial charge in [0.15, 0.2) is 5.69 Å². The molecule has 2 rings (SSSR count). The smallest absolute Gasteiger partial charge is 0.157 e. The Hall–Kier alpha value is -2.10. The lowest BCUT2D eigenvalue weighted by Gasteiger charge is -2.07. The highest BCUT2D eigenvalue weighted by atomic mass is 16.5. The molecule has 2 aromatic rings. The Morgan fingerprint density at radius 3 is 2.53 bits per heavy atom. The van der Waals surface area contributed by atoms with E-state index < -0.39 is 0 Å². The van der Waals surface area contributed by atoms with Crippen molar-refractivity contribution in [2.75, 3.05) is 7.11 Å². The summed E-state index contributed by atoms with van der Waals surface area (Å²) in [5, 5.41) is 13.7. The highest BCUT2D eigenvalue weighted by molar-refractivity contribution is 5.99. The maximum absolute atomic E-state index is 10.6. The van der Waals surface area contributed by atoms with Gasteiger partial charge in [0.1, 0.15) is 11.5 Å². The van der Waals surface area contributed by atoms with E-state index in [0.717, 1.165) is 5.39 Å². The van der Waals surface area contributed by atoms with E-state index in [1.54, 1.807) is 12.1 Å². The lowest BCUT2D eigenvalue weighted by molar-refractivity contribution is 0.413. The van der Waals surface area contributed by atoms with Crippen LogP contribution in [0.4, 0.5) is 5.69 Å². The average Bonchev–Trinajstić information content (AvgIpc) is 2.28. The predicted octanol–water partition coefficient (Wildman–Crippen LogP) is 2.95. The van der Waals surface area contributed by atoms with E-state index in [4.69, 9.17) is 4.74 Å². The number of nitroso groups, excluding NO2 is 1. The molecular formula is C11H9NO3. The van der Waals surface area contributed by atoms with Gasteiger partial charge in [0.2, 0.25) is 0 Å². The Morgan fingerprint density at radius 2 is 1.93 bits per heavy atom. The van der Waals surface area contributed by atoms with Crippen molar-refractivity contribution in [3.8, 4) is 11.5 Å². The van der Waals surface area contributed by atoms with Crippen LogP contribution >= 0.6 is 0 Å². The van der Waals surface area contributed by atoms with E-state index in [2.05, 4.69) is 5.18 Å². The van der Waals surface area contributed by atoms with E-state index in [9.17, 15) is 10.0 Å². The van der Waals surface area contributed by atoms with Crippen molar-refractivity contribution in [2.45, 2.75) is 0 Å². The summed E-state index contributed by atoms with van der Waals surface area (Å²) < 4.78 is 5.10. The van der Waals surface area contributed by atoms with Gasteiger partial charge in [0, 0.05) is 16.8 Å². The SMILES string of the molecule is COc1cc(O)c(N=O)c2ccccc12. The van der Waals surface area contributed by atoms with Gasteiger partial charge in [0.05, 0.1) is 7.11 Å². The number of phenols is 1. The number of methoxy groups -OCH3 is 1. The zero-order valence-electron chi connectivity index (χ0n) is 8.10. The molecular weight excluding hydrogens is 194 g/mol. The number of rotatable bonds is 2. The van der Waals surface area contributed by atoms with Crippen molar-refractivity contribution < 1.29 is 9.84 Å². The van der Waals surface area contributed by atoms with Crippen LogP contribution in [0.3, 0.4) is 0 Å². The van der Waals surface area contributed by atoms with Gasteiger partial charge >= 0.3 is 0 Å². The molecule has 0 spiro atoms. The second-order valence-corrected chi connectivity index (χ2v) is 3.08. The first-order valence-electron chi connectivity index (χ1n) is 4.40. The normalized spacial score (nSPS) is 10.2. The summed E-state index contributed by atoms with van der Waals surface area (Å²) >= 11 is 0. The molecule has 0 heterocycles. The van der Waals surface area contributed by atoms with E-state index in [0.29, 0.717) is 11.1 Å². The first-order valence-corrected chi connectivity index (χ1v) is 4.40. The maximum Gasteiger partial charge on any atom is 0.157 e. The second-order valence-electron chi connectivity index (χ2n) is 3.08. The largest absolute Gasteiger partial charge is 0.505 e. The molecule has 0 bridgehead atoms. The van der Waals surface area contributed by atoms with E-state index in [-0.39, 0.29) is 11.4 Å². The van der Waals surface area contributed by atoms with Crippen LogP contribution in [0.5, 0.6) is 11.5 Å². The van der Waals surface area contributed by atoms with Gasteiger partial charge in [-0.15, -0.1) is 4.91 Å². The molecule has 4 nitrogen and oxygen atoms in total. The standard InChI is InChI=1S/C11H9NO3/c1-15-10-6-9(13)11(12-14)8-5-3-2-4-7(8)10/h2-6,13H,1H3. The number of ether oxygens (including phenoxy) is 1. The Balaban J connectivity index is 2.92. The molecule has 0 amide bonds. The molecule has 1 N–H and O–H groups in total. The van der Waals surface area contributed by atoms with Gasteiger partial charge in [-0.05, 0) is 5.18 Å². The third-order valence-corrected chi connectivity index (χ3v) is 2.27. The van der Waals surface area contributed by atoms with E-state index in [1.807, 2.05) is 12.1 Å². The minimum atomic E-state index is -0.166. The molecule has 76 valence electrons. The van der Waals surface area contributed by atoms with Gasteiger partial charge in [-0.3, -0.25) is 0 Å². The maximum atomic E-state index is 10.6. The lowest BCUT2D eigenvalue weighted by atomic mass is 10.1. The summed E-state index contributed by atoms with van der Waals surface area (Å²) in [7, 11) is 1.51. The van der Waals surface area contributed by atoms with Gasteiger partial charge < -0.3 is 9.84 Å². The van der Waals surface area contributed by atoms with Gasteiger partial charge in [-0.2, -0.15) is 0 Å². The highest BCUT2D eigenvalue weighted by Crippen LogP contribution is 2.40. The van der Waals surface area contributed by atoms with Crippen molar-refractivity contribution in [1.29, 1.82) is 0 Å². The van der Waals surface area contributed by atoms with Crippen LogP contribution in [-0.4, -0.2) is 12.2 Å². The number of phenolic OH excluding ortho intramolecular Hbond substituents is 1. The quantitative estimate of drug-likeness (QED) is 0.763. The Labute approximate surface area is 86.1 Å². The van der Waals surface area contributed by atoms with E-state index >= 15 is 0 Å². The molecule has 0 saturated heterocycles. The molecule has 4 heteroatoms. The summed E-state index contributed by atoms with van der Waals surface area (Å²) in [4.78, 5) is 10.6. The van der Waals surface area contributed by atoms with Crippen molar-refractivity contribution in [1.82, 2.24) is 0 Å². The number of hydrogen-bond donors (Lipinski definition) is 1. The zero-order valence-corrected chi connectivity index (χ0v) is 8.10. The van der Waals surface area contributed by atoms with Gasteiger partial charge in [-0.1, -0.05) is 24.3 Å². The number of fused-ring (bicyclic) bond motifs is 1. The van der Waals surface area contributed by atoms with Crippen molar-refractivity contribution in [2.24, 2.45) is 5.18 Å². The topological polar surface area (TPSA) is 58.9 Å². The monoisotopic (exact) mass is 203 g/mol. The summed E-state index contributed by atoms with van der Waals surface area (Å²) in [6.45, 7) is 0. The molecule has 0 unspecified atom stereocenters. The van der Waals surface area contributed by atoms with Crippen molar-refractivity contribution >= 4 is 16.5 Å². The van der Waals surface area contributed by atoms with Crippen LogP contribution in [0.25, 0.3) is 10.8 Å². The second kappa shape index (κ2) is 3.57. The Kier molecular flexibility index (Phi) is 2.25. The molecule has 2 aromatic carbocycles. The Morgan fingerprint density at radius 1 is 1.27 bits per heavy atom. The zero-order chi connectivity index (χ0) is 10.8. The van der Waals surface area contributed by atoms with Gasteiger partial charge in [0.25, 0.3) is 0 Å². The predicted molar refractivity (Wildman–Crippen MR) is 57.6 cm³/mol. The summed E-state index contributed by atoms with van der Waals surface area (Å²) in [6.07, 6.45) is 0. The molecule has 15 heavy (non-hydrogen) atoms. The van der Waals surface area contributed by atoms with E-state index in [1.165, 1.54) is 13.2 Å². The third-order valence-electron chi connectivity index (χ3n) is 2.27. The van der Waals surface area contributed by atoms with Crippen LogP contribution < -0.4 is 4.74 Å². The van der Waals surface area contributed by atoms with Crippen LogP contribution in [-0.2, 0) is 0 Å². The number of benzene rings is 2. The molecule has 0 saturated carbocycles. The molecule has 0 aromatic heterocycles. The number of aromatic hydroxyl groups is 1. The van der Waals surface area contributed by atoms with Gasteiger partial charge in [-0.25, -0.2) is 0 Å². The van der Waals surface area contributed by atoms with Crippen LogP contribution in [0.2, 0.25) is 0 Å². The molecule has 0 aliphatic heterocycles. The fourth-order valence-electron chi connectivity index (χ4n) is 1.58. The van der Waals surface area contributed by atoms with Crippen molar-refractivity contribution in [3.05, 3.63) is 35.2 Å². The molecule has 0 aliphatic carbocycles. The third kappa shape index (κ3) is 1.40. The number of nitrogens with zero attached hydrogens (tertiary/aromatic N) is 1. The minimum absolute atomic E-state index is 0.0476. The molecule has 0 aliphatic rings. The molecule has 0 atom stereocenters. The molecule has 0 radical (unpaired) electrons. The first-order chi connectivity index (χ1) is 7.27. The average molecular weight is 203 g/mol. The fraction of sp³-hybridized carbons (Fsp3) is 0.0909. The van der Waals surface area contributed by atoms with Crippen LogP contribution in [0.1, 0.15) is 0 Å². The van der Waals surface area contributed by atoms with Crippen LogP contribution in [0.15, 0.2) is 35.5 Å². The lowest BCUT2D eigenvalue weighted by Crippen LogP contribution is -1.85. The summed E-state index contributed by atoms with van der Waals surface area (Å²) in [5.74, 6) is 0.357. The summed E-state index contributed by atoms with van der Waals surface area (Å²) in [6, 6.07) is 8.52. The number of hydrogen-bond acceptors (Lipinski definition) is 4. The highest BCUT2D eigenvalue weighted by Gasteiger charge is 2.11. The Bertz CT molecular complexity index is 522. The minimum Gasteiger partial charge on any atom is -0.505 e.